The van der Waals surface area contributed by atoms with E-state index in [1.807, 2.05) is 26.0 Å². The van der Waals surface area contributed by atoms with Gasteiger partial charge in [-0.25, -0.2) is 17.4 Å². The van der Waals surface area contributed by atoms with Gasteiger partial charge >= 0.3 is 0 Å². The van der Waals surface area contributed by atoms with E-state index >= 15 is 0 Å². The van der Waals surface area contributed by atoms with Gasteiger partial charge in [-0.05, 0) is 30.0 Å². The number of aromatic nitrogens is 2. The van der Waals surface area contributed by atoms with Crippen LogP contribution in [0.4, 0.5) is 0 Å². The fourth-order valence-electron chi connectivity index (χ4n) is 1.76. The maximum Gasteiger partial charge on any atom is 0.269 e. The fraction of sp³-hybridized carbons (Fsp3) is 0.308. The Kier molecular flexibility index (Phi) is 3.26. The van der Waals surface area contributed by atoms with Gasteiger partial charge in [-0.3, -0.25) is 0 Å². The summed E-state index contributed by atoms with van der Waals surface area (Å²) < 4.78 is 26.0. The molecule has 0 atom stereocenters. The summed E-state index contributed by atoms with van der Waals surface area (Å²) in [4.78, 5) is 4.12. The molecule has 0 unspecified atom stereocenters. The van der Waals surface area contributed by atoms with Crippen LogP contribution in [0.3, 0.4) is 0 Å². The summed E-state index contributed by atoms with van der Waals surface area (Å²) >= 11 is 0. The van der Waals surface area contributed by atoms with Crippen LogP contribution >= 0.6 is 0 Å². The van der Waals surface area contributed by atoms with Crippen LogP contribution in [0.25, 0.3) is 0 Å². The van der Waals surface area contributed by atoms with Crippen molar-refractivity contribution in [3.8, 4) is 0 Å². The lowest BCUT2D eigenvalue weighted by molar-refractivity contribution is 0.586. The summed E-state index contributed by atoms with van der Waals surface area (Å²) in [6.07, 6.45) is 4.20. The minimum absolute atomic E-state index is 0.294. The predicted molar refractivity (Wildman–Crippen MR) is 70.1 cm³/mol. The quantitative estimate of drug-likeness (QED) is 0.856. The predicted octanol–water partition coefficient (Wildman–Crippen LogP) is 2.55. The third kappa shape index (κ3) is 2.18. The highest BCUT2D eigenvalue weighted by atomic mass is 32.2. The third-order valence-electron chi connectivity index (χ3n) is 2.91. The smallest absolute Gasteiger partial charge is 0.244 e. The largest absolute Gasteiger partial charge is 0.269 e. The number of nitrogens with zero attached hydrogens (tertiary/aromatic N) is 2. The summed E-state index contributed by atoms with van der Waals surface area (Å²) in [6, 6.07) is 5.56. The minimum atomic E-state index is -3.53. The zero-order valence-corrected chi connectivity index (χ0v) is 11.5. The second-order valence-electron chi connectivity index (χ2n) is 4.58. The summed E-state index contributed by atoms with van der Waals surface area (Å²) in [5.41, 5.74) is 1.76. The van der Waals surface area contributed by atoms with Crippen molar-refractivity contribution in [2.75, 3.05) is 0 Å². The van der Waals surface area contributed by atoms with Crippen LogP contribution < -0.4 is 0 Å². The van der Waals surface area contributed by atoms with Gasteiger partial charge in [0, 0.05) is 12.4 Å². The van der Waals surface area contributed by atoms with E-state index < -0.39 is 10.0 Å². The SMILES string of the molecule is Cc1ccc(C(C)C)cc1S(=O)(=O)n1ccnc1. The van der Waals surface area contributed by atoms with Crippen molar-refractivity contribution in [2.45, 2.75) is 31.6 Å². The molecule has 1 heterocycles. The minimum Gasteiger partial charge on any atom is -0.244 e. The van der Waals surface area contributed by atoms with Crippen molar-refractivity contribution in [1.29, 1.82) is 0 Å². The highest BCUT2D eigenvalue weighted by molar-refractivity contribution is 7.90. The molecule has 0 amide bonds. The Hall–Kier alpha value is -1.62. The average molecular weight is 264 g/mol. The molecule has 0 aliphatic rings. The second-order valence-corrected chi connectivity index (χ2v) is 6.39. The summed E-state index contributed by atoms with van der Waals surface area (Å²) in [7, 11) is -3.53. The first-order chi connectivity index (χ1) is 8.43. The van der Waals surface area contributed by atoms with E-state index in [4.69, 9.17) is 0 Å². The number of rotatable bonds is 3. The van der Waals surface area contributed by atoms with Crippen molar-refractivity contribution in [1.82, 2.24) is 8.96 Å². The maximum atomic E-state index is 12.4. The third-order valence-corrected chi connectivity index (χ3v) is 4.68. The van der Waals surface area contributed by atoms with Crippen LogP contribution in [0, 0.1) is 6.92 Å². The van der Waals surface area contributed by atoms with Crippen LogP contribution in [0.1, 0.15) is 30.9 Å². The van der Waals surface area contributed by atoms with E-state index in [2.05, 4.69) is 4.98 Å². The van der Waals surface area contributed by atoms with Gasteiger partial charge in [0.15, 0.2) is 0 Å². The van der Waals surface area contributed by atoms with Crippen LogP contribution in [0.5, 0.6) is 0 Å². The van der Waals surface area contributed by atoms with Gasteiger partial charge in [-0.1, -0.05) is 26.0 Å². The number of hydrogen-bond acceptors (Lipinski definition) is 3. The van der Waals surface area contributed by atoms with Crippen molar-refractivity contribution < 1.29 is 8.42 Å². The Morgan fingerprint density at radius 2 is 2.00 bits per heavy atom. The van der Waals surface area contributed by atoms with Crippen molar-refractivity contribution >= 4 is 10.0 Å². The molecule has 1 aromatic carbocycles. The molecule has 4 nitrogen and oxygen atoms in total. The highest BCUT2D eigenvalue weighted by Gasteiger charge is 2.19. The lowest BCUT2D eigenvalue weighted by Gasteiger charge is -2.12. The monoisotopic (exact) mass is 264 g/mol. The van der Waals surface area contributed by atoms with Gasteiger partial charge in [0.05, 0.1) is 4.90 Å². The van der Waals surface area contributed by atoms with E-state index in [0.29, 0.717) is 10.8 Å². The van der Waals surface area contributed by atoms with Crippen molar-refractivity contribution in [2.24, 2.45) is 0 Å². The molecule has 5 heteroatoms. The van der Waals surface area contributed by atoms with E-state index in [9.17, 15) is 8.42 Å². The fourth-order valence-corrected chi connectivity index (χ4v) is 3.14. The van der Waals surface area contributed by atoms with E-state index in [-0.39, 0.29) is 0 Å². The van der Waals surface area contributed by atoms with Gasteiger partial charge in [0.1, 0.15) is 6.33 Å². The molecular weight excluding hydrogens is 248 g/mol. The number of hydrogen-bond donors (Lipinski definition) is 0. The van der Waals surface area contributed by atoms with E-state index in [1.165, 1.54) is 18.7 Å². The molecule has 0 aliphatic carbocycles. The summed E-state index contributed by atoms with van der Waals surface area (Å²) in [6.45, 7) is 5.88. The number of aryl methyl sites for hydroxylation is 1. The molecule has 2 aromatic rings. The van der Waals surface area contributed by atoms with E-state index in [1.54, 1.807) is 13.0 Å². The van der Waals surface area contributed by atoms with Gasteiger partial charge < -0.3 is 0 Å². The Balaban J connectivity index is 2.61. The second kappa shape index (κ2) is 4.57. The molecule has 0 bridgehead atoms. The van der Waals surface area contributed by atoms with E-state index in [0.717, 1.165) is 15.1 Å². The number of benzene rings is 1. The Labute approximate surface area is 107 Å². The van der Waals surface area contributed by atoms with Crippen LogP contribution in [0.2, 0.25) is 0 Å². The van der Waals surface area contributed by atoms with Gasteiger partial charge in [-0.2, -0.15) is 0 Å². The number of imidazole rings is 1. The maximum absolute atomic E-state index is 12.4. The van der Waals surface area contributed by atoms with Crippen molar-refractivity contribution in [3.05, 3.63) is 48.0 Å². The van der Waals surface area contributed by atoms with Crippen LogP contribution in [0.15, 0.2) is 41.8 Å². The Morgan fingerprint density at radius 3 is 2.56 bits per heavy atom. The molecule has 1 aromatic heterocycles. The first-order valence-corrected chi connectivity index (χ1v) is 7.21. The molecule has 0 aliphatic heterocycles. The van der Waals surface area contributed by atoms with Crippen LogP contribution in [-0.4, -0.2) is 17.4 Å². The van der Waals surface area contributed by atoms with Gasteiger partial charge in [0.2, 0.25) is 0 Å². The van der Waals surface area contributed by atoms with Crippen LogP contribution in [-0.2, 0) is 10.0 Å². The highest BCUT2D eigenvalue weighted by Crippen LogP contribution is 2.23. The molecule has 0 fully saturated rings. The van der Waals surface area contributed by atoms with Gasteiger partial charge in [-0.15, -0.1) is 0 Å². The topological polar surface area (TPSA) is 52.0 Å². The zero-order valence-electron chi connectivity index (χ0n) is 10.7. The normalized spacial score (nSPS) is 12.0. The molecular formula is C13H16N2O2S. The molecule has 0 saturated carbocycles. The molecule has 0 saturated heterocycles. The Morgan fingerprint density at radius 1 is 1.28 bits per heavy atom. The lowest BCUT2D eigenvalue weighted by Crippen LogP contribution is -2.13. The average Bonchev–Trinajstić information content (AvgIpc) is 2.82. The molecule has 18 heavy (non-hydrogen) atoms. The molecule has 0 N–H and O–H groups in total. The molecule has 0 spiro atoms. The first-order valence-electron chi connectivity index (χ1n) is 5.77. The zero-order chi connectivity index (χ0) is 13.3. The summed E-state index contributed by atoms with van der Waals surface area (Å²) in [5.74, 6) is 0.294. The molecule has 0 radical (unpaired) electrons. The molecule has 2 rings (SSSR count). The Bertz CT molecular complexity index is 644. The molecule has 96 valence electrons. The standard InChI is InChI=1S/C13H16N2O2S/c1-10(2)12-5-4-11(3)13(8-12)18(16,17)15-7-6-14-9-15/h4-10H,1-3H3. The van der Waals surface area contributed by atoms with Gasteiger partial charge in [0.25, 0.3) is 10.0 Å². The first kappa shape index (κ1) is 12.8. The van der Waals surface area contributed by atoms with Crippen molar-refractivity contribution in [3.63, 3.8) is 0 Å². The lowest BCUT2D eigenvalue weighted by atomic mass is 10.0. The summed E-state index contributed by atoms with van der Waals surface area (Å²) in [5, 5.41) is 0.